The highest BCUT2D eigenvalue weighted by Crippen LogP contribution is 2.38. The number of aliphatic hydroxyl groups is 1. The summed E-state index contributed by atoms with van der Waals surface area (Å²) in [5, 5.41) is 17.0. The Labute approximate surface area is 165 Å². The lowest BCUT2D eigenvalue weighted by atomic mass is 10.0. The average molecular weight is 389 g/mol. The van der Waals surface area contributed by atoms with Crippen LogP contribution in [0.1, 0.15) is 11.7 Å². The van der Waals surface area contributed by atoms with E-state index in [2.05, 4.69) is 15.5 Å². The number of pyridine rings is 1. The number of hydrogen-bond donors (Lipinski definition) is 2. The van der Waals surface area contributed by atoms with Crippen molar-refractivity contribution >= 4 is 11.8 Å². The van der Waals surface area contributed by atoms with Crippen molar-refractivity contribution in [1.29, 1.82) is 0 Å². The molecule has 1 atom stereocenters. The zero-order chi connectivity index (χ0) is 20.2. The number of hydrogen-bond acceptors (Lipinski definition) is 5. The van der Waals surface area contributed by atoms with Crippen molar-refractivity contribution in [2.75, 3.05) is 5.32 Å². The monoisotopic (exact) mass is 389 g/mol. The van der Waals surface area contributed by atoms with Gasteiger partial charge in [0.15, 0.2) is 6.10 Å². The fraction of sp³-hybridized carbons (Fsp3) is 0.0455. The van der Waals surface area contributed by atoms with Crippen molar-refractivity contribution in [3.63, 3.8) is 0 Å². The normalized spacial score (nSPS) is 11.8. The molecule has 0 aliphatic rings. The van der Waals surface area contributed by atoms with Crippen LogP contribution in [0.2, 0.25) is 0 Å². The number of aromatic nitrogens is 2. The zero-order valence-electron chi connectivity index (χ0n) is 15.1. The lowest BCUT2D eigenvalue weighted by Crippen LogP contribution is -2.20. The second-order valence-corrected chi connectivity index (χ2v) is 6.28. The first-order valence-electron chi connectivity index (χ1n) is 8.83. The molecule has 6 nitrogen and oxygen atoms in total. The van der Waals surface area contributed by atoms with E-state index in [1.807, 2.05) is 0 Å². The number of nitrogens with zero attached hydrogens (tertiary/aromatic N) is 2. The van der Waals surface area contributed by atoms with Crippen LogP contribution < -0.4 is 5.32 Å². The minimum absolute atomic E-state index is 0.0792. The Morgan fingerprint density at radius 2 is 1.66 bits per heavy atom. The van der Waals surface area contributed by atoms with Crippen molar-refractivity contribution < 1.29 is 18.8 Å². The van der Waals surface area contributed by atoms with Crippen molar-refractivity contribution in [3.05, 3.63) is 90.5 Å². The van der Waals surface area contributed by atoms with E-state index in [4.69, 9.17) is 4.52 Å². The number of carbonyl (C=O) groups excluding carboxylic acids is 1. The van der Waals surface area contributed by atoms with Crippen LogP contribution >= 0.6 is 0 Å². The highest BCUT2D eigenvalue weighted by Gasteiger charge is 2.24. The van der Waals surface area contributed by atoms with E-state index in [0.29, 0.717) is 27.9 Å². The van der Waals surface area contributed by atoms with Gasteiger partial charge < -0.3 is 9.63 Å². The first-order chi connectivity index (χ1) is 14.1. The van der Waals surface area contributed by atoms with E-state index in [1.54, 1.807) is 67.0 Å². The van der Waals surface area contributed by atoms with Gasteiger partial charge in [0.2, 0.25) is 5.88 Å². The van der Waals surface area contributed by atoms with Gasteiger partial charge in [0, 0.05) is 18.0 Å². The van der Waals surface area contributed by atoms with Gasteiger partial charge in [0.1, 0.15) is 11.5 Å². The molecule has 0 saturated carbocycles. The molecule has 144 valence electrons. The molecule has 4 rings (SSSR count). The molecule has 0 aliphatic carbocycles. The summed E-state index contributed by atoms with van der Waals surface area (Å²) in [7, 11) is 0. The smallest absolute Gasteiger partial charge is 0.260 e. The Hall–Kier alpha value is -3.84. The Morgan fingerprint density at radius 1 is 0.966 bits per heavy atom. The van der Waals surface area contributed by atoms with Gasteiger partial charge in [-0.25, -0.2) is 4.39 Å². The van der Waals surface area contributed by atoms with E-state index in [-0.39, 0.29) is 11.7 Å². The van der Waals surface area contributed by atoms with Gasteiger partial charge in [-0.2, -0.15) is 0 Å². The van der Waals surface area contributed by atoms with Crippen molar-refractivity contribution in [2.24, 2.45) is 0 Å². The standard InChI is InChI=1S/C22H16FN3O3/c23-17-8-6-15(7-9-17)19-18(14-10-12-24-13-11-14)22(29-26-19)25-21(28)20(27)16-4-2-1-3-5-16/h1-13,20,27H,(H,25,28). The summed E-state index contributed by atoms with van der Waals surface area (Å²) >= 11 is 0. The van der Waals surface area contributed by atoms with Crippen LogP contribution in [-0.4, -0.2) is 21.2 Å². The molecule has 2 heterocycles. The van der Waals surface area contributed by atoms with Crippen molar-refractivity contribution in [2.45, 2.75) is 6.10 Å². The van der Waals surface area contributed by atoms with Gasteiger partial charge in [-0.3, -0.25) is 15.1 Å². The van der Waals surface area contributed by atoms with Crippen LogP contribution in [0.4, 0.5) is 10.3 Å². The summed E-state index contributed by atoms with van der Waals surface area (Å²) < 4.78 is 18.7. The van der Waals surface area contributed by atoms with E-state index >= 15 is 0 Å². The van der Waals surface area contributed by atoms with Crippen LogP contribution in [0.15, 0.2) is 83.6 Å². The number of halogens is 1. The maximum absolute atomic E-state index is 13.3. The van der Waals surface area contributed by atoms with Crippen LogP contribution in [0.5, 0.6) is 0 Å². The predicted octanol–water partition coefficient (Wildman–Crippen LogP) is 4.21. The maximum Gasteiger partial charge on any atom is 0.260 e. The summed E-state index contributed by atoms with van der Waals surface area (Å²) in [6, 6.07) is 17.8. The molecule has 4 aromatic rings. The Morgan fingerprint density at radius 3 is 2.34 bits per heavy atom. The first-order valence-corrected chi connectivity index (χ1v) is 8.83. The summed E-state index contributed by atoms with van der Waals surface area (Å²) in [4.78, 5) is 16.6. The lowest BCUT2D eigenvalue weighted by molar-refractivity contribution is -0.124. The minimum Gasteiger partial charge on any atom is -0.378 e. The van der Waals surface area contributed by atoms with Gasteiger partial charge in [0.25, 0.3) is 5.91 Å². The van der Waals surface area contributed by atoms with Gasteiger partial charge in [-0.15, -0.1) is 0 Å². The number of nitrogens with one attached hydrogen (secondary N) is 1. The molecule has 7 heteroatoms. The molecule has 0 aliphatic heterocycles. The number of anilines is 1. The first kappa shape index (κ1) is 18.5. The second-order valence-electron chi connectivity index (χ2n) is 6.28. The number of carbonyl (C=O) groups is 1. The van der Waals surface area contributed by atoms with E-state index in [1.165, 1.54) is 12.1 Å². The third-order valence-electron chi connectivity index (χ3n) is 4.38. The quantitative estimate of drug-likeness (QED) is 0.534. The fourth-order valence-electron chi connectivity index (χ4n) is 2.93. The molecule has 0 saturated heterocycles. The third-order valence-corrected chi connectivity index (χ3v) is 4.38. The van der Waals surface area contributed by atoms with E-state index < -0.39 is 12.0 Å². The number of aliphatic hydroxyl groups excluding tert-OH is 1. The summed E-state index contributed by atoms with van der Waals surface area (Å²) in [5.41, 5.74) is 2.71. The summed E-state index contributed by atoms with van der Waals surface area (Å²) in [5.74, 6) is -0.953. The van der Waals surface area contributed by atoms with Gasteiger partial charge in [0.05, 0.1) is 5.56 Å². The van der Waals surface area contributed by atoms with Crippen molar-refractivity contribution in [3.8, 4) is 22.4 Å². The highest BCUT2D eigenvalue weighted by molar-refractivity contribution is 5.99. The van der Waals surface area contributed by atoms with E-state index in [0.717, 1.165) is 0 Å². The largest absolute Gasteiger partial charge is 0.378 e. The van der Waals surface area contributed by atoms with Gasteiger partial charge in [-0.1, -0.05) is 35.5 Å². The van der Waals surface area contributed by atoms with E-state index in [9.17, 15) is 14.3 Å². The van der Waals surface area contributed by atoms with Gasteiger partial charge in [-0.05, 0) is 47.5 Å². The molecule has 0 bridgehead atoms. The highest BCUT2D eigenvalue weighted by atomic mass is 19.1. The average Bonchev–Trinajstić information content (AvgIpc) is 3.18. The Balaban J connectivity index is 1.72. The summed E-state index contributed by atoms with van der Waals surface area (Å²) in [6.07, 6.45) is 1.82. The Bertz CT molecular complexity index is 1110. The maximum atomic E-state index is 13.3. The third kappa shape index (κ3) is 3.90. The molecule has 0 radical (unpaired) electrons. The lowest BCUT2D eigenvalue weighted by Gasteiger charge is -2.11. The molecular weight excluding hydrogens is 373 g/mol. The SMILES string of the molecule is O=C(Nc1onc(-c2ccc(F)cc2)c1-c1ccncc1)C(O)c1ccccc1. The topological polar surface area (TPSA) is 88.3 Å². The second kappa shape index (κ2) is 8.04. The zero-order valence-corrected chi connectivity index (χ0v) is 15.1. The molecule has 2 aromatic carbocycles. The van der Waals surface area contributed by atoms with Crippen LogP contribution in [-0.2, 0) is 4.79 Å². The van der Waals surface area contributed by atoms with Crippen molar-refractivity contribution in [1.82, 2.24) is 10.1 Å². The molecule has 2 N–H and O–H groups in total. The molecule has 1 amide bonds. The number of amides is 1. The molecular formula is C22H16FN3O3. The van der Waals surface area contributed by atoms with Crippen LogP contribution in [0, 0.1) is 5.82 Å². The van der Waals surface area contributed by atoms with Crippen LogP contribution in [0.3, 0.4) is 0 Å². The molecule has 29 heavy (non-hydrogen) atoms. The molecule has 1 unspecified atom stereocenters. The molecule has 0 spiro atoms. The fourth-order valence-corrected chi connectivity index (χ4v) is 2.93. The minimum atomic E-state index is -1.37. The van der Waals surface area contributed by atoms with Crippen LogP contribution in [0.25, 0.3) is 22.4 Å². The number of benzene rings is 2. The molecule has 0 fully saturated rings. The number of rotatable bonds is 5. The molecule has 2 aromatic heterocycles. The van der Waals surface area contributed by atoms with Gasteiger partial charge >= 0.3 is 0 Å². The predicted molar refractivity (Wildman–Crippen MR) is 105 cm³/mol. The summed E-state index contributed by atoms with van der Waals surface area (Å²) in [6.45, 7) is 0. The Kier molecular flexibility index (Phi) is 5.13.